The van der Waals surface area contributed by atoms with Crippen LogP contribution in [0.3, 0.4) is 0 Å². The highest BCUT2D eigenvalue weighted by atomic mass is 16.5. The molecule has 0 aliphatic carbocycles. The Kier molecular flexibility index (Phi) is 6.95. The number of aliphatic imine (C=N–C) groups is 1. The minimum Gasteiger partial charge on any atom is -0.496 e. The van der Waals surface area contributed by atoms with Gasteiger partial charge in [0.25, 0.3) is 0 Å². The molecule has 0 unspecified atom stereocenters. The van der Waals surface area contributed by atoms with Crippen LogP contribution in [0.15, 0.2) is 53.5 Å². The second-order valence-corrected chi connectivity index (χ2v) is 5.17. The SMILES string of the molecule is CCOc1cccc(CNC(=NC)NCc2ccccc2OC)c1. The van der Waals surface area contributed by atoms with Crippen LogP contribution >= 0.6 is 0 Å². The fourth-order valence-electron chi connectivity index (χ4n) is 2.35. The zero-order valence-corrected chi connectivity index (χ0v) is 14.5. The van der Waals surface area contributed by atoms with Gasteiger partial charge in [-0.05, 0) is 30.7 Å². The molecule has 0 aromatic heterocycles. The second-order valence-electron chi connectivity index (χ2n) is 5.17. The molecule has 2 N–H and O–H groups in total. The van der Waals surface area contributed by atoms with Gasteiger partial charge in [0.05, 0.1) is 13.7 Å². The highest BCUT2D eigenvalue weighted by Gasteiger charge is 2.04. The molecule has 0 aliphatic rings. The van der Waals surface area contributed by atoms with Crippen molar-refractivity contribution >= 4 is 5.96 Å². The number of hydrogen-bond acceptors (Lipinski definition) is 3. The summed E-state index contributed by atoms with van der Waals surface area (Å²) in [5.74, 6) is 2.49. The van der Waals surface area contributed by atoms with E-state index in [0.29, 0.717) is 19.7 Å². The van der Waals surface area contributed by atoms with Crippen molar-refractivity contribution in [3.8, 4) is 11.5 Å². The van der Waals surface area contributed by atoms with E-state index in [2.05, 4.69) is 21.7 Å². The number of para-hydroxylation sites is 1. The van der Waals surface area contributed by atoms with Gasteiger partial charge < -0.3 is 20.1 Å². The first kappa shape index (κ1) is 17.7. The molecule has 0 atom stereocenters. The third kappa shape index (κ3) is 5.19. The Morgan fingerprint density at radius 3 is 2.58 bits per heavy atom. The number of rotatable bonds is 7. The van der Waals surface area contributed by atoms with Crippen molar-refractivity contribution in [1.82, 2.24) is 10.6 Å². The summed E-state index contributed by atoms with van der Waals surface area (Å²) in [6, 6.07) is 16.0. The second kappa shape index (κ2) is 9.45. The fraction of sp³-hybridized carbons (Fsp3) is 0.316. The van der Waals surface area contributed by atoms with Crippen LogP contribution in [0.5, 0.6) is 11.5 Å². The van der Waals surface area contributed by atoms with Gasteiger partial charge in [0.1, 0.15) is 11.5 Å². The Labute approximate surface area is 143 Å². The maximum atomic E-state index is 5.52. The molecule has 0 saturated heterocycles. The molecular weight excluding hydrogens is 302 g/mol. The molecule has 0 radical (unpaired) electrons. The largest absolute Gasteiger partial charge is 0.496 e. The average molecular weight is 327 g/mol. The maximum absolute atomic E-state index is 5.52. The summed E-state index contributed by atoms with van der Waals surface area (Å²) in [7, 11) is 3.44. The number of ether oxygens (including phenoxy) is 2. The van der Waals surface area contributed by atoms with E-state index in [1.165, 1.54) is 0 Å². The zero-order chi connectivity index (χ0) is 17.2. The molecular formula is C19H25N3O2. The van der Waals surface area contributed by atoms with Gasteiger partial charge in [-0.3, -0.25) is 4.99 Å². The molecule has 5 heteroatoms. The smallest absolute Gasteiger partial charge is 0.191 e. The standard InChI is InChI=1S/C19H25N3O2/c1-4-24-17-10-7-8-15(12-17)13-21-19(20-2)22-14-16-9-5-6-11-18(16)23-3/h5-12H,4,13-14H2,1-3H3,(H2,20,21,22). The maximum Gasteiger partial charge on any atom is 0.191 e. The van der Waals surface area contributed by atoms with Crippen LogP contribution in [0.25, 0.3) is 0 Å². The van der Waals surface area contributed by atoms with E-state index in [4.69, 9.17) is 9.47 Å². The Bertz CT molecular complexity index is 671. The highest BCUT2D eigenvalue weighted by Crippen LogP contribution is 2.16. The van der Waals surface area contributed by atoms with E-state index in [0.717, 1.165) is 28.6 Å². The van der Waals surface area contributed by atoms with Gasteiger partial charge in [-0.1, -0.05) is 30.3 Å². The van der Waals surface area contributed by atoms with Gasteiger partial charge in [-0.15, -0.1) is 0 Å². The van der Waals surface area contributed by atoms with Crippen LogP contribution in [0.2, 0.25) is 0 Å². The summed E-state index contributed by atoms with van der Waals surface area (Å²) in [6.07, 6.45) is 0. The van der Waals surface area contributed by atoms with Crippen LogP contribution in [-0.4, -0.2) is 26.7 Å². The van der Waals surface area contributed by atoms with Gasteiger partial charge >= 0.3 is 0 Å². The predicted molar refractivity (Wildman–Crippen MR) is 97.6 cm³/mol. The molecule has 2 rings (SSSR count). The van der Waals surface area contributed by atoms with Crippen molar-refractivity contribution in [1.29, 1.82) is 0 Å². The first-order valence-corrected chi connectivity index (χ1v) is 8.05. The van der Waals surface area contributed by atoms with Crippen molar-refractivity contribution in [3.05, 3.63) is 59.7 Å². The molecule has 2 aromatic rings. The van der Waals surface area contributed by atoms with E-state index in [-0.39, 0.29) is 0 Å². The van der Waals surface area contributed by atoms with Crippen molar-refractivity contribution in [2.45, 2.75) is 20.0 Å². The molecule has 0 fully saturated rings. The topological polar surface area (TPSA) is 54.9 Å². The minimum atomic E-state index is 0.642. The highest BCUT2D eigenvalue weighted by molar-refractivity contribution is 5.79. The average Bonchev–Trinajstić information content (AvgIpc) is 2.63. The monoisotopic (exact) mass is 327 g/mol. The lowest BCUT2D eigenvalue weighted by Gasteiger charge is -2.14. The van der Waals surface area contributed by atoms with E-state index in [9.17, 15) is 0 Å². The molecule has 24 heavy (non-hydrogen) atoms. The normalized spacial score (nSPS) is 11.0. The number of hydrogen-bond donors (Lipinski definition) is 2. The molecule has 2 aromatic carbocycles. The molecule has 128 valence electrons. The van der Waals surface area contributed by atoms with E-state index < -0.39 is 0 Å². The Balaban J connectivity index is 1.90. The van der Waals surface area contributed by atoms with Crippen LogP contribution in [0, 0.1) is 0 Å². The van der Waals surface area contributed by atoms with Crippen LogP contribution in [-0.2, 0) is 13.1 Å². The number of nitrogens with zero attached hydrogens (tertiary/aromatic N) is 1. The summed E-state index contributed by atoms with van der Waals surface area (Å²) in [5.41, 5.74) is 2.22. The van der Waals surface area contributed by atoms with E-state index >= 15 is 0 Å². The number of benzene rings is 2. The molecule has 0 saturated carbocycles. The van der Waals surface area contributed by atoms with Crippen LogP contribution < -0.4 is 20.1 Å². The summed E-state index contributed by atoms with van der Waals surface area (Å²) >= 11 is 0. The first-order chi connectivity index (χ1) is 11.8. The number of methoxy groups -OCH3 is 1. The summed E-state index contributed by atoms with van der Waals surface area (Å²) in [6.45, 7) is 3.96. The quantitative estimate of drug-likeness (QED) is 0.606. The minimum absolute atomic E-state index is 0.642. The molecule has 0 bridgehead atoms. The third-order valence-corrected chi connectivity index (χ3v) is 3.53. The van der Waals surface area contributed by atoms with Gasteiger partial charge in [0.15, 0.2) is 5.96 Å². The lowest BCUT2D eigenvalue weighted by Crippen LogP contribution is -2.36. The first-order valence-electron chi connectivity index (χ1n) is 8.05. The lowest BCUT2D eigenvalue weighted by atomic mass is 10.2. The van der Waals surface area contributed by atoms with E-state index in [1.807, 2.05) is 49.4 Å². The van der Waals surface area contributed by atoms with E-state index in [1.54, 1.807) is 14.2 Å². The molecule has 0 aliphatic heterocycles. The van der Waals surface area contributed by atoms with Gasteiger partial charge in [0.2, 0.25) is 0 Å². The fourth-order valence-corrected chi connectivity index (χ4v) is 2.35. The number of nitrogens with one attached hydrogen (secondary N) is 2. The Morgan fingerprint density at radius 1 is 1.04 bits per heavy atom. The number of guanidine groups is 1. The Hall–Kier alpha value is -2.69. The summed E-state index contributed by atoms with van der Waals surface area (Å²) in [4.78, 5) is 4.25. The predicted octanol–water partition coefficient (Wildman–Crippen LogP) is 2.96. The lowest BCUT2D eigenvalue weighted by molar-refractivity contribution is 0.340. The van der Waals surface area contributed by atoms with Gasteiger partial charge in [0, 0.05) is 25.7 Å². The molecule has 0 spiro atoms. The van der Waals surface area contributed by atoms with Gasteiger partial charge in [-0.25, -0.2) is 0 Å². The van der Waals surface area contributed by atoms with Crippen molar-refractivity contribution in [2.75, 3.05) is 20.8 Å². The Morgan fingerprint density at radius 2 is 1.83 bits per heavy atom. The summed E-state index contributed by atoms with van der Waals surface area (Å²) < 4.78 is 10.9. The van der Waals surface area contributed by atoms with Crippen LogP contribution in [0.1, 0.15) is 18.1 Å². The van der Waals surface area contributed by atoms with Crippen molar-refractivity contribution in [3.63, 3.8) is 0 Å². The van der Waals surface area contributed by atoms with Crippen molar-refractivity contribution < 1.29 is 9.47 Å². The molecule has 5 nitrogen and oxygen atoms in total. The molecule has 0 heterocycles. The molecule has 0 amide bonds. The zero-order valence-electron chi connectivity index (χ0n) is 14.5. The van der Waals surface area contributed by atoms with Crippen LogP contribution in [0.4, 0.5) is 0 Å². The third-order valence-electron chi connectivity index (χ3n) is 3.53. The van der Waals surface area contributed by atoms with Crippen molar-refractivity contribution in [2.24, 2.45) is 4.99 Å². The van der Waals surface area contributed by atoms with Gasteiger partial charge in [-0.2, -0.15) is 0 Å². The summed E-state index contributed by atoms with van der Waals surface area (Å²) in [5, 5.41) is 6.60.